The van der Waals surface area contributed by atoms with Gasteiger partial charge in [0.2, 0.25) is 11.8 Å². The SMILES string of the molecule is NC(=O)C1CCCN(C(=O)CSc2ccc(CO)cc2)C1. The van der Waals surface area contributed by atoms with Gasteiger partial charge in [0, 0.05) is 18.0 Å². The topological polar surface area (TPSA) is 83.6 Å². The molecule has 2 amide bonds. The van der Waals surface area contributed by atoms with Crippen molar-refractivity contribution >= 4 is 23.6 Å². The first-order chi connectivity index (χ1) is 10.1. The fraction of sp³-hybridized carbons (Fsp3) is 0.467. The predicted octanol–water partition coefficient (Wildman–Crippen LogP) is 0.995. The standard InChI is InChI=1S/C15H20N2O3S/c16-15(20)12-2-1-7-17(8-12)14(19)10-21-13-5-3-11(9-18)4-6-13/h3-6,12,18H,1-2,7-10H2,(H2,16,20). The third kappa shape index (κ3) is 4.47. The fourth-order valence-corrected chi connectivity index (χ4v) is 3.16. The number of thioether (sulfide) groups is 1. The van der Waals surface area contributed by atoms with Gasteiger partial charge in [-0.3, -0.25) is 9.59 Å². The minimum Gasteiger partial charge on any atom is -0.392 e. The third-order valence-electron chi connectivity index (χ3n) is 3.64. The van der Waals surface area contributed by atoms with E-state index >= 15 is 0 Å². The highest BCUT2D eigenvalue weighted by Crippen LogP contribution is 2.21. The minimum atomic E-state index is -0.320. The monoisotopic (exact) mass is 308 g/mol. The van der Waals surface area contributed by atoms with Crippen LogP contribution in [-0.2, 0) is 16.2 Å². The first-order valence-corrected chi connectivity index (χ1v) is 7.98. The van der Waals surface area contributed by atoms with Crippen molar-refractivity contribution in [3.8, 4) is 0 Å². The smallest absolute Gasteiger partial charge is 0.232 e. The van der Waals surface area contributed by atoms with Gasteiger partial charge in [-0.05, 0) is 30.5 Å². The van der Waals surface area contributed by atoms with E-state index in [4.69, 9.17) is 10.8 Å². The highest BCUT2D eigenvalue weighted by atomic mass is 32.2. The van der Waals surface area contributed by atoms with Gasteiger partial charge in [-0.1, -0.05) is 12.1 Å². The number of carbonyl (C=O) groups excluding carboxylic acids is 2. The van der Waals surface area contributed by atoms with E-state index < -0.39 is 0 Å². The molecule has 5 nitrogen and oxygen atoms in total. The minimum absolute atomic E-state index is 0.0200. The Bertz CT molecular complexity index is 504. The van der Waals surface area contributed by atoms with E-state index in [0.29, 0.717) is 18.8 Å². The molecule has 114 valence electrons. The van der Waals surface area contributed by atoms with Crippen LogP contribution in [0.25, 0.3) is 0 Å². The Balaban J connectivity index is 1.84. The van der Waals surface area contributed by atoms with E-state index in [2.05, 4.69) is 0 Å². The highest BCUT2D eigenvalue weighted by molar-refractivity contribution is 8.00. The molecule has 1 saturated heterocycles. The molecule has 1 fully saturated rings. The number of carbonyl (C=O) groups is 2. The number of primary amides is 1. The van der Waals surface area contributed by atoms with Gasteiger partial charge < -0.3 is 15.7 Å². The average Bonchev–Trinajstić information content (AvgIpc) is 2.53. The van der Waals surface area contributed by atoms with Crippen LogP contribution in [-0.4, -0.2) is 40.7 Å². The first-order valence-electron chi connectivity index (χ1n) is 7.00. The fourth-order valence-electron chi connectivity index (χ4n) is 2.36. The van der Waals surface area contributed by atoms with E-state index in [1.54, 1.807) is 4.90 Å². The summed E-state index contributed by atoms with van der Waals surface area (Å²) in [5, 5.41) is 8.98. The molecule has 3 N–H and O–H groups in total. The van der Waals surface area contributed by atoms with E-state index in [0.717, 1.165) is 23.3 Å². The van der Waals surface area contributed by atoms with Crippen molar-refractivity contribution in [2.24, 2.45) is 11.7 Å². The normalized spacial score (nSPS) is 18.5. The number of hydrogen-bond acceptors (Lipinski definition) is 4. The van der Waals surface area contributed by atoms with Gasteiger partial charge >= 0.3 is 0 Å². The Labute approximate surface area is 128 Å². The van der Waals surface area contributed by atoms with Gasteiger partial charge in [0.05, 0.1) is 18.3 Å². The van der Waals surface area contributed by atoms with Gasteiger partial charge in [0.15, 0.2) is 0 Å². The molecule has 1 unspecified atom stereocenters. The molecule has 1 aliphatic heterocycles. The number of aliphatic hydroxyl groups is 1. The first kappa shape index (κ1) is 15.9. The maximum absolute atomic E-state index is 12.2. The molecule has 1 heterocycles. The van der Waals surface area contributed by atoms with Crippen LogP contribution in [0, 0.1) is 5.92 Å². The summed E-state index contributed by atoms with van der Waals surface area (Å²) in [4.78, 5) is 26.1. The van der Waals surface area contributed by atoms with Crippen molar-refractivity contribution in [3.63, 3.8) is 0 Å². The van der Waals surface area contributed by atoms with Crippen molar-refractivity contribution in [3.05, 3.63) is 29.8 Å². The molecule has 1 aliphatic rings. The molecule has 0 bridgehead atoms. The van der Waals surface area contributed by atoms with Crippen molar-refractivity contribution < 1.29 is 14.7 Å². The van der Waals surface area contributed by atoms with Crippen LogP contribution in [0.5, 0.6) is 0 Å². The number of likely N-dealkylation sites (tertiary alicyclic amines) is 1. The van der Waals surface area contributed by atoms with Crippen molar-refractivity contribution in [1.82, 2.24) is 4.90 Å². The number of nitrogens with zero attached hydrogens (tertiary/aromatic N) is 1. The van der Waals surface area contributed by atoms with E-state index in [1.165, 1.54) is 11.8 Å². The lowest BCUT2D eigenvalue weighted by Crippen LogP contribution is -2.44. The molecule has 0 aliphatic carbocycles. The summed E-state index contributed by atoms with van der Waals surface area (Å²) in [5.41, 5.74) is 6.17. The van der Waals surface area contributed by atoms with Crippen LogP contribution >= 0.6 is 11.8 Å². The van der Waals surface area contributed by atoms with Gasteiger partial charge in [0.1, 0.15) is 0 Å². The van der Waals surface area contributed by atoms with E-state index in [1.807, 2.05) is 24.3 Å². The van der Waals surface area contributed by atoms with Crippen molar-refractivity contribution in [1.29, 1.82) is 0 Å². The third-order valence-corrected chi connectivity index (χ3v) is 4.64. The highest BCUT2D eigenvalue weighted by Gasteiger charge is 2.26. The maximum atomic E-state index is 12.2. The Morgan fingerprint density at radius 2 is 2.05 bits per heavy atom. The Hall–Kier alpha value is -1.53. The van der Waals surface area contributed by atoms with Gasteiger partial charge in [-0.25, -0.2) is 0 Å². The van der Waals surface area contributed by atoms with Crippen LogP contribution in [0.3, 0.4) is 0 Å². The lowest BCUT2D eigenvalue weighted by Gasteiger charge is -2.31. The second kappa shape index (κ2) is 7.47. The van der Waals surface area contributed by atoms with Crippen LogP contribution in [0.4, 0.5) is 0 Å². The quantitative estimate of drug-likeness (QED) is 0.795. The second-order valence-corrected chi connectivity index (χ2v) is 6.22. The molecular formula is C15H20N2O3S. The lowest BCUT2D eigenvalue weighted by atomic mass is 9.97. The largest absolute Gasteiger partial charge is 0.392 e. The number of aliphatic hydroxyl groups excluding tert-OH is 1. The molecule has 1 aromatic carbocycles. The van der Waals surface area contributed by atoms with E-state index in [9.17, 15) is 9.59 Å². The Morgan fingerprint density at radius 1 is 1.33 bits per heavy atom. The summed E-state index contributed by atoms with van der Waals surface area (Å²) in [6.45, 7) is 1.16. The van der Waals surface area contributed by atoms with Crippen molar-refractivity contribution in [2.45, 2.75) is 24.3 Å². The van der Waals surface area contributed by atoms with Gasteiger partial charge in [-0.15, -0.1) is 11.8 Å². The summed E-state index contributed by atoms with van der Waals surface area (Å²) in [5.74, 6) is -0.141. The molecule has 0 radical (unpaired) electrons. The Kier molecular flexibility index (Phi) is 5.64. The molecule has 1 aromatic rings. The maximum Gasteiger partial charge on any atom is 0.232 e. The predicted molar refractivity (Wildman–Crippen MR) is 81.6 cm³/mol. The van der Waals surface area contributed by atoms with Crippen LogP contribution in [0.1, 0.15) is 18.4 Å². The summed E-state index contributed by atoms with van der Waals surface area (Å²) in [7, 11) is 0. The molecule has 21 heavy (non-hydrogen) atoms. The zero-order chi connectivity index (χ0) is 15.2. The zero-order valence-electron chi connectivity index (χ0n) is 11.8. The summed E-state index contributed by atoms with van der Waals surface area (Å²) >= 11 is 1.46. The molecule has 6 heteroatoms. The number of nitrogens with two attached hydrogens (primary N) is 1. The van der Waals surface area contributed by atoms with Crippen LogP contribution in [0.2, 0.25) is 0 Å². The second-order valence-electron chi connectivity index (χ2n) is 5.17. The number of hydrogen-bond donors (Lipinski definition) is 2. The van der Waals surface area contributed by atoms with E-state index in [-0.39, 0.29) is 24.3 Å². The van der Waals surface area contributed by atoms with Crippen LogP contribution in [0.15, 0.2) is 29.2 Å². The van der Waals surface area contributed by atoms with Crippen molar-refractivity contribution in [2.75, 3.05) is 18.8 Å². The molecule has 0 saturated carbocycles. The number of amides is 2. The molecule has 0 aromatic heterocycles. The van der Waals surface area contributed by atoms with Crippen LogP contribution < -0.4 is 5.73 Å². The number of piperidine rings is 1. The average molecular weight is 308 g/mol. The summed E-state index contributed by atoms with van der Waals surface area (Å²) in [6.07, 6.45) is 1.60. The van der Waals surface area contributed by atoms with Gasteiger partial charge in [0.25, 0.3) is 0 Å². The zero-order valence-corrected chi connectivity index (χ0v) is 12.6. The van der Waals surface area contributed by atoms with Gasteiger partial charge in [-0.2, -0.15) is 0 Å². The molecule has 0 spiro atoms. The molecule has 2 rings (SSSR count). The summed E-state index contributed by atoms with van der Waals surface area (Å²) < 4.78 is 0. The molecular weight excluding hydrogens is 288 g/mol. The Morgan fingerprint density at radius 3 is 2.67 bits per heavy atom. The number of rotatable bonds is 5. The number of benzene rings is 1. The molecule has 1 atom stereocenters. The summed E-state index contributed by atoms with van der Waals surface area (Å²) in [6, 6.07) is 7.48. The lowest BCUT2D eigenvalue weighted by molar-refractivity contribution is -0.132.